The molecule has 7 nitrogen and oxygen atoms in total. The number of carbonyl (C=O) groups is 2. The van der Waals surface area contributed by atoms with E-state index in [2.05, 4.69) is 24.1 Å². The number of benzene rings is 1. The van der Waals surface area contributed by atoms with Crippen molar-refractivity contribution in [2.45, 2.75) is 77.4 Å². The summed E-state index contributed by atoms with van der Waals surface area (Å²) in [5, 5.41) is 3.01. The molecule has 4 rings (SSSR count). The Kier molecular flexibility index (Phi) is 9.29. The summed E-state index contributed by atoms with van der Waals surface area (Å²) in [6, 6.07) is 5.66. The van der Waals surface area contributed by atoms with Gasteiger partial charge >= 0.3 is 0 Å². The van der Waals surface area contributed by atoms with Crippen LogP contribution < -0.4 is 10.1 Å². The molecular weight excluding hydrogens is 454 g/mol. The third-order valence-corrected chi connectivity index (χ3v) is 8.53. The van der Waals surface area contributed by atoms with Gasteiger partial charge in [-0.15, -0.1) is 0 Å². The van der Waals surface area contributed by atoms with Crippen molar-refractivity contribution in [1.29, 1.82) is 0 Å². The molecule has 1 aliphatic heterocycles. The second-order valence-corrected chi connectivity index (χ2v) is 11.4. The van der Waals surface area contributed by atoms with E-state index in [-0.39, 0.29) is 35.8 Å². The fraction of sp³-hybridized carbons (Fsp3) is 0.724. The van der Waals surface area contributed by atoms with Gasteiger partial charge in [0, 0.05) is 51.4 Å². The van der Waals surface area contributed by atoms with Crippen molar-refractivity contribution in [3.63, 3.8) is 0 Å². The van der Waals surface area contributed by atoms with E-state index in [1.165, 1.54) is 32.1 Å². The molecule has 1 aromatic carbocycles. The van der Waals surface area contributed by atoms with Crippen LogP contribution in [0.2, 0.25) is 0 Å². The first-order chi connectivity index (χ1) is 17.4. The molecule has 0 unspecified atom stereocenters. The standard InChI is InChI=1S/C29H45N3O4/c1-20-16-32(17-22-9-6-5-7-10-22)21(2)19-36-26-14-13-24(30-28(33)23-11-8-12-23)15-25(26)29(34)31(3)18-27(20)35-4/h13-15,20-23,27H,5-12,16-19H2,1-4H3,(H,30,33)/t20-,21-,27-/m0/s1. The lowest BCUT2D eigenvalue weighted by molar-refractivity contribution is -0.122. The van der Waals surface area contributed by atoms with Crippen molar-refractivity contribution < 1.29 is 19.1 Å². The lowest BCUT2D eigenvalue weighted by Crippen LogP contribution is -2.48. The number of carbonyl (C=O) groups excluding carboxylic acids is 2. The summed E-state index contributed by atoms with van der Waals surface area (Å²) in [6.07, 6.45) is 9.56. The van der Waals surface area contributed by atoms with E-state index in [1.807, 2.05) is 19.2 Å². The van der Waals surface area contributed by atoms with Gasteiger partial charge in [-0.2, -0.15) is 0 Å². The maximum absolute atomic E-state index is 13.5. The van der Waals surface area contributed by atoms with Crippen molar-refractivity contribution in [3.05, 3.63) is 23.8 Å². The van der Waals surface area contributed by atoms with Crippen molar-refractivity contribution >= 4 is 17.5 Å². The number of nitrogens with one attached hydrogen (secondary N) is 1. The van der Waals surface area contributed by atoms with Crippen LogP contribution in [0.25, 0.3) is 0 Å². The van der Waals surface area contributed by atoms with Gasteiger partial charge in [0.25, 0.3) is 5.91 Å². The van der Waals surface area contributed by atoms with Crippen LogP contribution in [0.5, 0.6) is 5.75 Å². The molecule has 36 heavy (non-hydrogen) atoms. The third kappa shape index (κ3) is 6.60. The molecule has 2 saturated carbocycles. The zero-order chi connectivity index (χ0) is 25.7. The highest BCUT2D eigenvalue weighted by atomic mass is 16.5. The molecule has 0 radical (unpaired) electrons. The SMILES string of the molecule is CO[C@H]1CN(C)C(=O)c2cc(NC(=O)C3CCC3)ccc2OC[C@H](C)N(CC2CCCCC2)C[C@@H]1C. The minimum atomic E-state index is -0.119. The molecule has 0 bridgehead atoms. The Labute approximate surface area is 216 Å². The van der Waals surface area contributed by atoms with Gasteiger partial charge in [-0.25, -0.2) is 0 Å². The Hall–Kier alpha value is -2.12. The number of nitrogens with zero attached hydrogens (tertiary/aromatic N) is 2. The average Bonchev–Trinajstić information content (AvgIpc) is 2.84. The largest absolute Gasteiger partial charge is 0.491 e. The average molecular weight is 500 g/mol. The molecule has 0 spiro atoms. The number of anilines is 1. The summed E-state index contributed by atoms with van der Waals surface area (Å²) in [5.74, 6) is 1.58. The molecule has 3 aliphatic rings. The van der Waals surface area contributed by atoms with Crippen LogP contribution >= 0.6 is 0 Å². The number of hydrogen-bond donors (Lipinski definition) is 1. The highest BCUT2D eigenvalue weighted by Gasteiger charge is 2.30. The number of fused-ring (bicyclic) bond motifs is 1. The fourth-order valence-electron chi connectivity index (χ4n) is 5.80. The molecule has 2 fully saturated rings. The minimum absolute atomic E-state index is 0.0383. The van der Waals surface area contributed by atoms with Gasteiger partial charge in [0.05, 0.1) is 11.7 Å². The smallest absolute Gasteiger partial charge is 0.257 e. The molecular formula is C29H45N3O4. The Bertz CT molecular complexity index is 897. The molecule has 1 N–H and O–H groups in total. The van der Waals surface area contributed by atoms with Gasteiger partial charge in [0.2, 0.25) is 5.91 Å². The van der Waals surface area contributed by atoms with E-state index in [9.17, 15) is 9.59 Å². The van der Waals surface area contributed by atoms with Gasteiger partial charge in [0.1, 0.15) is 12.4 Å². The third-order valence-electron chi connectivity index (χ3n) is 8.53. The summed E-state index contributed by atoms with van der Waals surface area (Å²) in [5.41, 5.74) is 1.13. The first-order valence-electron chi connectivity index (χ1n) is 14.0. The van der Waals surface area contributed by atoms with E-state index >= 15 is 0 Å². The summed E-state index contributed by atoms with van der Waals surface area (Å²) >= 11 is 0. The Morgan fingerprint density at radius 3 is 2.50 bits per heavy atom. The van der Waals surface area contributed by atoms with E-state index in [0.29, 0.717) is 30.2 Å². The fourth-order valence-corrected chi connectivity index (χ4v) is 5.80. The van der Waals surface area contributed by atoms with Crippen LogP contribution in [0.1, 0.15) is 75.6 Å². The number of likely N-dealkylation sites (N-methyl/N-ethyl adjacent to an activating group) is 1. The highest BCUT2D eigenvalue weighted by molar-refractivity contribution is 6.00. The van der Waals surface area contributed by atoms with E-state index < -0.39 is 0 Å². The number of methoxy groups -OCH3 is 1. The first-order valence-corrected chi connectivity index (χ1v) is 14.0. The van der Waals surface area contributed by atoms with Crippen LogP contribution in [0.3, 0.4) is 0 Å². The predicted octanol–water partition coefficient (Wildman–Crippen LogP) is 4.81. The van der Waals surface area contributed by atoms with Crippen LogP contribution in [0, 0.1) is 17.8 Å². The van der Waals surface area contributed by atoms with Crippen LogP contribution in [0.15, 0.2) is 18.2 Å². The van der Waals surface area contributed by atoms with E-state index in [4.69, 9.17) is 9.47 Å². The monoisotopic (exact) mass is 499 g/mol. The first kappa shape index (κ1) is 26.9. The van der Waals surface area contributed by atoms with Crippen molar-refractivity contribution in [3.8, 4) is 5.75 Å². The minimum Gasteiger partial charge on any atom is -0.491 e. The molecule has 2 aliphatic carbocycles. The predicted molar refractivity (Wildman–Crippen MR) is 142 cm³/mol. The Balaban J connectivity index is 1.57. The lowest BCUT2D eigenvalue weighted by Gasteiger charge is -2.38. The topological polar surface area (TPSA) is 71.1 Å². The Morgan fingerprint density at radius 1 is 1.08 bits per heavy atom. The molecule has 2 amide bonds. The maximum Gasteiger partial charge on any atom is 0.257 e. The lowest BCUT2D eigenvalue weighted by atomic mass is 9.85. The van der Waals surface area contributed by atoms with Crippen LogP contribution in [-0.2, 0) is 9.53 Å². The normalized spacial score (nSPS) is 27.3. The van der Waals surface area contributed by atoms with Gasteiger partial charge in [0.15, 0.2) is 0 Å². The van der Waals surface area contributed by atoms with Crippen LogP contribution in [-0.4, -0.2) is 74.2 Å². The molecule has 200 valence electrons. The highest BCUT2D eigenvalue weighted by Crippen LogP contribution is 2.31. The van der Waals surface area contributed by atoms with Gasteiger partial charge in [-0.05, 0) is 62.6 Å². The summed E-state index contributed by atoms with van der Waals surface area (Å²) in [6.45, 7) is 7.46. The second-order valence-electron chi connectivity index (χ2n) is 11.4. The van der Waals surface area contributed by atoms with Crippen molar-refractivity contribution in [2.24, 2.45) is 17.8 Å². The quantitative estimate of drug-likeness (QED) is 0.630. The van der Waals surface area contributed by atoms with Gasteiger partial charge in [-0.3, -0.25) is 14.5 Å². The zero-order valence-electron chi connectivity index (χ0n) is 22.6. The maximum atomic E-state index is 13.5. The zero-order valence-corrected chi connectivity index (χ0v) is 22.6. The summed E-state index contributed by atoms with van der Waals surface area (Å²) in [7, 11) is 3.56. The second kappa shape index (κ2) is 12.4. The molecule has 1 aromatic rings. The van der Waals surface area contributed by atoms with E-state index in [0.717, 1.165) is 38.3 Å². The molecule has 7 heteroatoms. The summed E-state index contributed by atoms with van der Waals surface area (Å²) in [4.78, 5) is 30.3. The number of hydrogen-bond acceptors (Lipinski definition) is 5. The molecule has 3 atom stereocenters. The number of amides is 2. The van der Waals surface area contributed by atoms with Crippen molar-refractivity contribution in [2.75, 3.05) is 45.7 Å². The summed E-state index contributed by atoms with van der Waals surface area (Å²) < 4.78 is 12.2. The van der Waals surface area contributed by atoms with Crippen molar-refractivity contribution in [1.82, 2.24) is 9.80 Å². The Morgan fingerprint density at radius 2 is 1.83 bits per heavy atom. The van der Waals surface area contributed by atoms with Gasteiger partial charge in [-0.1, -0.05) is 32.6 Å². The van der Waals surface area contributed by atoms with E-state index in [1.54, 1.807) is 18.1 Å². The number of ether oxygens (including phenoxy) is 2. The molecule has 0 saturated heterocycles. The molecule has 1 heterocycles. The van der Waals surface area contributed by atoms with Gasteiger partial charge < -0.3 is 19.7 Å². The molecule has 0 aromatic heterocycles. The number of rotatable bonds is 5. The van der Waals surface area contributed by atoms with Crippen LogP contribution in [0.4, 0.5) is 5.69 Å².